The van der Waals surface area contributed by atoms with Crippen LogP contribution in [0.15, 0.2) is 35.3 Å². The first-order valence-corrected chi connectivity index (χ1v) is 9.62. The molecule has 0 aliphatic carbocycles. The van der Waals surface area contributed by atoms with Crippen LogP contribution >= 0.6 is 0 Å². The van der Waals surface area contributed by atoms with E-state index in [-0.39, 0.29) is 18.8 Å². The van der Waals surface area contributed by atoms with E-state index in [4.69, 9.17) is 14.6 Å². The van der Waals surface area contributed by atoms with Crippen molar-refractivity contribution in [1.29, 1.82) is 0 Å². The zero-order valence-electron chi connectivity index (χ0n) is 16.3. The summed E-state index contributed by atoms with van der Waals surface area (Å²) in [5.74, 6) is 0.297. The van der Waals surface area contributed by atoms with Gasteiger partial charge in [0.1, 0.15) is 17.7 Å². The summed E-state index contributed by atoms with van der Waals surface area (Å²) in [6.45, 7) is 4.27. The molecule has 3 heterocycles. The lowest BCUT2D eigenvalue weighted by atomic mass is 10.1. The first kappa shape index (κ1) is 20.9. The Balaban J connectivity index is 0.00000117. The first-order valence-electron chi connectivity index (χ1n) is 9.62. The fraction of sp³-hybridized carbons (Fsp3) is 0.450. The Morgan fingerprint density at radius 3 is 2.86 bits per heavy atom. The van der Waals surface area contributed by atoms with Crippen molar-refractivity contribution in [2.24, 2.45) is 0 Å². The number of anilines is 1. The molecule has 0 saturated carbocycles. The summed E-state index contributed by atoms with van der Waals surface area (Å²) >= 11 is 0. The van der Waals surface area contributed by atoms with E-state index < -0.39 is 30.1 Å². The van der Waals surface area contributed by atoms with Gasteiger partial charge in [-0.15, -0.1) is 0 Å². The number of benzene rings is 1. The molecule has 156 valence electrons. The Morgan fingerprint density at radius 2 is 2.17 bits per heavy atom. The van der Waals surface area contributed by atoms with Crippen molar-refractivity contribution in [3.8, 4) is 5.75 Å². The quantitative estimate of drug-likeness (QED) is 0.807. The van der Waals surface area contributed by atoms with Crippen molar-refractivity contribution in [2.45, 2.75) is 45.2 Å². The van der Waals surface area contributed by atoms with Crippen molar-refractivity contribution in [1.82, 2.24) is 9.55 Å². The number of rotatable bonds is 4. The van der Waals surface area contributed by atoms with Crippen LogP contribution in [-0.4, -0.2) is 46.1 Å². The molecule has 9 heteroatoms. The molecule has 2 aromatic rings. The lowest BCUT2D eigenvalue weighted by Crippen LogP contribution is -2.31. The number of carbonyl (C=O) groups excluding carboxylic acids is 1. The van der Waals surface area contributed by atoms with Crippen LogP contribution in [0, 0.1) is 0 Å². The number of hydrogen-bond acceptors (Lipinski definition) is 6. The molecule has 2 aliphatic heterocycles. The minimum absolute atomic E-state index is 0.00644. The van der Waals surface area contributed by atoms with Crippen LogP contribution in [0.5, 0.6) is 5.75 Å². The number of aliphatic hydroxyl groups is 1. The predicted octanol–water partition coefficient (Wildman–Crippen LogP) is 2.07. The summed E-state index contributed by atoms with van der Waals surface area (Å²) in [6, 6.07) is 6.55. The van der Waals surface area contributed by atoms with E-state index in [9.17, 15) is 14.0 Å². The summed E-state index contributed by atoms with van der Waals surface area (Å²) in [6.07, 6.45) is -1.08. The number of aliphatic hydroxyl groups excluding tert-OH is 1. The number of alkyl halides is 1. The number of aromatic nitrogens is 2. The van der Waals surface area contributed by atoms with E-state index in [1.54, 1.807) is 12.1 Å². The van der Waals surface area contributed by atoms with Gasteiger partial charge in [-0.3, -0.25) is 9.36 Å². The zero-order chi connectivity index (χ0) is 21.0. The van der Waals surface area contributed by atoms with Crippen molar-refractivity contribution in [3.63, 3.8) is 0 Å². The fourth-order valence-electron chi connectivity index (χ4n) is 3.24. The molecule has 2 N–H and O–H groups in total. The molecule has 3 unspecified atom stereocenters. The first-order chi connectivity index (χ1) is 14.0. The molecule has 4 rings (SSSR count). The molecular weight excluding hydrogens is 381 g/mol. The lowest BCUT2D eigenvalue weighted by Gasteiger charge is -2.16. The summed E-state index contributed by atoms with van der Waals surface area (Å²) in [7, 11) is 0. The van der Waals surface area contributed by atoms with Gasteiger partial charge in [0.2, 0.25) is 0 Å². The Bertz CT molecular complexity index is 933. The summed E-state index contributed by atoms with van der Waals surface area (Å²) in [4.78, 5) is 28.4. The van der Waals surface area contributed by atoms with Crippen LogP contribution < -0.4 is 15.7 Å². The molecule has 1 fully saturated rings. The molecular formula is C20H24FN3O5. The van der Waals surface area contributed by atoms with Gasteiger partial charge in [0.15, 0.2) is 6.23 Å². The van der Waals surface area contributed by atoms with Gasteiger partial charge >= 0.3 is 5.69 Å². The van der Waals surface area contributed by atoms with Gasteiger partial charge in [-0.25, -0.2) is 9.18 Å². The molecule has 3 atom stereocenters. The van der Waals surface area contributed by atoms with E-state index in [0.717, 1.165) is 16.6 Å². The predicted molar refractivity (Wildman–Crippen MR) is 104 cm³/mol. The maximum Gasteiger partial charge on any atom is 0.351 e. The van der Waals surface area contributed by atoms with Crippen molar-refractivity contribution < 1.29 is 23.8 Å². The minimum atomic E-state index is -1.42. The average Bonchev–Trinajstić information content (AvgIpc) is 3.35. The molecule has 1 saturated heterocycles. The van der Waals surface area contributed by atoms with Crippen molar-refractivity contribution >= 4 is 11.7 Å². The standard InChI is InChI=1S/C18H18FN3O5.C2H6/c19-13-8-12(9-23)27-17(13)22-5-3-15(21-18(22)25)20-16(24)11-2-1-10-4-6-26-14(10)7-11;1-2/h1-3,5,7,12-13,17,23H,4,6,8-9H2,(H,20,21,24,25);1-2H3. The molecule has 2 aliphatic rings. The summed E-state index contributed by atoms with van der Waals surface area (Å²) < 4.78 is 25.8. The number of halogens is 1. The van der Waals surface area contributed by atoms with Crippen LogP contribution in [0.3, 0.4) is 0 Å². The Kier molecular flexibility index (Phi) is 6.60. The second-order valence-corrected chi connectivity index (χ2v) is 6.46. The lowest BCUT2D eigenvalue weighted by molar-refractivity contribution is -0.0393. The highest BCUT2D eigenvalue weighted by Crippen LogP contribution is 2.30. The minimum Gasteiger partial charge on any atom is -0.493 e. The van der Waals surface area contributed by atoms with E-state index in [1.165, 1.54) is 12.3 Å². The van der Waals surface area contributed by atoms with Gasteiger partial charge in [-0.2, -0.15) is 4.98 Å². The normalized spacial score (nSPS) is 22.3. The van der Waals surface area contributed by atoms with Crippen LogP contribution in [0.2, 0.25) is 0 Å². The smallest absolute Gasteiger partial charge is 0.351 e. The molecule has 0 bridgehead atoms. The van der Waals surface area contributed by atoms with Crippen molar-refractivity contribution in [2.75, 3.05) is 18.5 Å². The Hall–Kier alpha value is -2.78. The van der Waals surface area contributed by atoms with Gasteiger partial charge < -0.3 is 19.9 Å². The van der Waals surface area contributed by atoms with Gasteiger partial charge in [0.25, 0.3) is 5.91 Å². The number of hydrogen-bond donors (Lipinski definition) is 2. The molecule has 8 nitrogen and oxygen atoms in total. The highest BCUT2D eigenvalue weighted by atomic mass is 19.1. The Labute approximate surface area is 167 Å². The molecule has 1 amide bonds. The highest BCUT2D eigenvalue weighted by molar-refractivity contribution is 6.04. The third kappa shape index (κ3) is 4.46. The topological polar surface area (TPSA) is 103 Å². The maximum atomic E-state index is 14.0. The van der Waals surface area contributed by atoms with Crippen LogP contribution in [0.1, 0.15) is 42.4 Å². The number of nitrogens with zero attached hydrogens (tertiary/aromatic N) is 2. The summed E-state index contributed by atoms with van der Waals surface area (Å²) in [5, 5.41) is 11.6. The molecule has 0 spiro atoms. The van der Waals surface area contributed by atoms with Gasteiger partial charge in [-0.05, 0) is 23.8 Å². The van der Waals surface area contributed by atoms with Crippen LogP contribution in [-0.2, 0) is 11.2 Å². The van der Waals surface area contributed by atoms with Crippen molar-refractivity contribution in [3.05, 3.63) is 52.1 Å². The number of fused-ring (bicyclic) bond motifs is 1. The third-order valence-corrected chi connectivity index (χ3v) is 4.64. The maximum absolute atomic E-state index is 14.0. The average molecular weight is 405 g/mol. The monoisotopic (exact) mass is 405 g/mol. The van der Waals surface area contributed by atoms with E-state index >= 15 is 0 Å². The van der Waals surface area contributed by atoms with Gasteiger partial charge in [-0.1, -0.05) is 19.9 Å². The molecule has 1 aromatic heterocycles. The number of carbonyl (C=O) groups is 1. The largest absolute Gasteiger partial charge is 0.493 e. The van der Waals surface area contributed by atoms with E-state index in [1.807, 2.05) is 19.9 Å². The zero-order valence-corrected chi connectivity index (χ0v) is 16.3. The molecule has 0 radical (unpaired) electrons. The number of nitrogens with one attached hydrogen (secondary N) is 1. The van der Waals surface area contributed by atoms with Gasteiger partial charge in [0, 0.05) is 24.6 Å². The van der Waals surface area contributed by atoms with E-state index in [2.05, 4.69) is 10.3 Å². The highest BCUT2D eigenvalue weighted by Gasteiger charge is 2.37. The second-order valence-electron chi connectivity index (χ2n) is 6.46. The van der Waals surface area contributed by atoms with Crippen LogP contribution in [0.25, 0.3) is 0 Å². The molecule has 1 aromatic carbocycles. The number of ether oxygens (including phenoxy) is 2. The SMILES string of the molecule is CC.O=C(Nc1ccn(C2OC(CO)CC2F)c(=O)n1)c1ccc2c(c1)OCC2. The fourth-order valence-corrected chi connectivity index (χ4v) is 3.24. The second kappa shape index (κ2) is 9.15. The molecule has 29 heavy (non-hydrogen) atoms. The Morgan fingerprint density at radius 1 is 1.38 bits per heavy atom. The summed E-state index contributed by atoms with van der Waals surface area (Å²) in [5.41, 5.74) is 0.678. The van der Waals surface area contributed by atoms with E-state index in [0.29, 0.717) is 17.9 Å². The number of amides is 1. The van der Waals surface area contributed by atoms with Crippen LogP contribution in [0.4, 0.5) is 10.2 Å². The third-order valence-electron chi connectivity index (χ3n) is 4.64. The van der Waals surface area contributed by atoms with Gasteiger partial charge in [0.05, 0.1) is 19.3 Å².